The summed E-state index contributed by atoms with van der Waals surface area (Å²) in [5, 5.41) is 29.2. The van der Waals surface area contributed by atoms with Gasteiger partial charge in [-0.25, -0.2) is 9.48 Å². The number of nitrogens with zero attached hydrogens (tertiary/aromatic N) is 5. The molecule has 5 aromatic rings. The van der Waals surface area contributed by atoms with Crippen molar-refractivity contribution in [3.8, 4) is 11.4 Å². The normalized spacial score (nSPS) is 12.5. The van der Waals surface area contributed by atoms with E-state index in [4.69, 9.17) is 5.10 Å². The zero-order valence-electron chi connectivity index (χ0n) is 26.2. The van der Waals surface area contributed by atoms with Crippen LogP contribution >= 0.6 is 23.5 Å². The number of rotatable bonds is 10. The highest BCUT2D eigenvalue weighted by atomic mass is 32.2. The molecule has 0 unspecified atom stereocenters. The number of nitrogens with one attached hydrogen (secondary N) is 2. The minimum absolute atomic E-state index is 0.184. The molecule has 3 N–H and O–H groups in total. The van der Waals surface area contributed by atoms with Crippen molar-refractivity contribution in [3.05, 3.63) is 108 Å². The Labute approximate surface area is 271 Å². The van der Waals surface area contributed by atoms with E-state index in [-0.39, 0.29) is 16.5 Å². The van der Waals surface area contributed by atoms with Gasteiger partial charge in [-0.15, -0.1) is 10.2 Å². The van der Waals surface area contributed by atoms with Crippen LogP contribution in [0.25, 0.3) is 22.7 Å². The third-order valence-electron chi connectivity index (χ3n) is 7.38. The maximum atomic E-state index is 13.2. The van der Waals surface area contributed by atoms with Gasteiger partial charge < -0.3 is 10.4 Å². The van der Waals surface area contributed by atoms with Crippen molar-refractivity contribution in [2.75, 3.05) is 11.6 Å². The van der Waals surface area contributed by atoms with Crippen LogP contribution in [0.4, 0.5) is 10.6 Å². The molecule has 0 aliphatic carbocycles. The van der Waals surface area contributed by atoms with Gasteiger partial charge in [0.05, 0.1) is 16.2 Å². The Kier molecular flexibility index (Phi) is 9.69. The summed E-state index contributed by atoms with van der Waals surface area (Å²) in [6.07, 6.45) is 7.44. The number of benzene rings is 2. The lowest BCUT2D eigenvalue weighted by Gasteiger charge is -2.18. The van der Waals surface area contributed by atoms with Gasteiger partial charge in [0.1, 0.15) is 5.82 Å². The van der Waals surface area contributed by atoms with E-state index in [2.05, 4.69) is 66.0 Å². The number of hydrogen-bond acceptors (Lipinski definition) is 7. The molecule has 2 amide bonds. The minimum atomic E-state index is -0.347. The molecule has 5 rings (SSSR count). The van der Waals surface area contributed by atoms with Crippen LogP contribution < -0.4 is 10.6 Å². The van der Waals surface area contributed by atoms with Gasteiger partial charge in [-0.05, 0) is 82.4 Å². The number of fused-ring (bicyclic) bond motifs is 1. The fourth-order valence-corrected chi connectivity index (χ4v) is 5.88. The first-order valence-electron chi connectivity index (χ1n) is 14.5. The van der Waals surface area contributed by atoms with Crippen LogP contribution in [-0.2, 0) is 11.3 Å². The van der Waals surface area contributed by atoms with Crippen LogP contribution in [0.5, 0.6) is 0 Å². The van der Waals surface area contributed by atoms with Gasteiger partial charge in [-0.2, -0.15) is 16.9 Å². The number of thioether (sulfide) groups is 1. The molecule has 0 spiro atoms. The number of carbonyl (C=O) groups is 1. The van der Waals surface area contributed by atoms with E-state index < -0.39 is 0 Å². The molecule has 0 aliphatic rings. The van der Waals surface area contributed by atoms with E-state index in [1.165, 1.54) is 0 Å². The number of carbonyl (C=O) groups excluding carboxylic acids is 1. The van der Waals surface area contributed by atoms with E-state index in [0.29, 0.717) is 12.4 Å². The average Bonchev–Trinajstić information content (AvgIpc) is 3.64. The van der Waals surface area contributed by atoms with Gasteiger partial charge >= 0.3 is 6.03 Å². The van der Waals surface area contributed by atoms with Crippen molar-refractivity contribution in [2.24, 2.45) is 0 Å². The third kappa shape index (κ3) is 7.43. The highest BCUT2D eigenvalue weighted by Gasteiger charge is 2.25. The Morgan fingerprint density at radius 2 is 1.78 bits per heavy atom. The summed E-state index contributed by atoms with van der Waals surface area (Å²) in [7, 11) is 0. The smallest absolute Gasteiger partial charge is 0.320 e. The summed E-state index contributed by atoms with van der Waals surface area (Å²) in [6.45, 7) is 10.1. The number of allylic oxidation sites excluding steroid dienone is 4. The second kappa shape index (κ2) is 13.7. The molecule has 3 aromatic heterocycles. The second-order valence-corrected chi connectivity index (χ2v) is 13.7. The minimum Gasteiger partial charge on any atom is -0.513 e. The lowest BCUT2D eigenvalue weighted by atomic mass is 10.1. The largest absolute Gasteiger partial charge is 0.513 e. The van der Waals surface area contributed by atoms with Gasteiger partial charge in [0.15, 0.2) is 11.5 Å². The van der Waals surface area contributed by atoms with Crippen LogP contribution in [0.3, 0.4) is 0 Å². The molecule has 3 heterocycles. The molecule has 232 valence electrons. The Morgan fingerprint density at radius 3 is 2.53 bits per heavy atom. The highest BCUT2D eigenvalue weighted by molar-refractivity contribution is 7.99. The zero-order chi connectivity index (χ0) is 32.1. The molecular weight excluding hydrogens is 603 g/mol. The van der Waals surface area contributed by atoms with E-state index in [9.17, 15) is 9.90 Å². The van der Waals surface area contributed by atoms with Crippen LogP contribution in [0.1, 0.15) is 44.5 Å². The Morgan fingerprint density at radius 1 is 1.02 bits per heavy atom. The number of urea groups is 1. The predicted molar refractivity (Wildman–Crippen MR) is 185 cm³/mol. The third-order valence-corrected chi connectivity index (χ3v) is 9.70. The van der Waals surface area contributed by atoms with E-state index in [1.54, 1.807) is 47.3 Å². The van der Waals surface area contributed by atoms with Gasteiger partial charge in [0, 0.05) is 39.9 Å². The van der Waals surface area contributed by atoms with Crippen LogP contribution in [0.2, 0.25) is 0 Å². The van der Waals surface area contributed by atoms with Crippen molar-refractivity contribution < 1.29 is 9.90 Å². The molecule has 11 heteroatoms. The first-order valence-corrected chi connectivity index (χ1v) is 16.5. The first kappa shape index (κ1) is 31.9. The topological polar surface area (TPSA) is 109 Å². The summed E-state index contributed by atoms with van der Waals surface area (Å²) in [4.78, 5) is 15.2. The molecule has 0 bridgehead atoms. The zero-order valence-corrected chi connectivity index (χ0v) is 27.8. The molecule has 0 aliphatic heterocycles. The summed E-state index contributed by atoms with van der Waals surface area (Å²) in [5.74, 6) is 1.52. The number of aryl methyl sites for hydroxylation is 1. The van der Waals surface area contributed by atoms with Crippen molar-refractivity contribution in [1.29, 1.82) is 0 Å². The Hall–Kier alpha value is -4.48. The molecule has 0 radical (unpaired) electrons. The molecule has 0 fully saturated rings. The highest BCUT2D eigenvalue weighted by Crippen LogP contribution is 2.35. The number of pyridine rings is 1. The monoisotopic (exact) mass is 639 g/mol. The first-order chi connectivity index (χ1) is 21.6. The molecule has 0 atom stereocenters. The quantitative estimate of drug-likeness (QED) is 0.104. The lowest BCUT2D eigenvalue weighted by Crippen LogP contribution is -2.29. The number of anilines is 1. The van der Waals surface area contributed by atoms with Crippen LogP contribution in [0, 0.1) is 6.92 Å². The van der Waals surface area contributed by atoms with Crippen molar-refractivity contribution in [1.82, 2.24) is 29.7 Å². The summed E-state index contributed by atoms with van der Waals surface area (Å²) in [5.41, 5.74) is 5.52. The maximum Gasteiger partial charge on any atom is 0.320 e. The SMILES string of the molecule is CSC(C)(C)c1cc(NC(=O)NCc2ccccc2Sc2ccc3nnc(-c4ccccc4C)n3c2)n(/C(C)=C/C=C(\C)O)n1. The number of aliphatic hydroxyl groups is 1. The number of hydrogen-bond donors (Lipinski definition) is 3. The molecule has 0 saturated heterocycles. The molecular formula is C34H37N7O2S2. The van der Waals surface area contributed by atoms with E-state index in [0.717, 1.165) is 49.3 Å². The lowest BCUT2D eigenvalue weighted by molar-refractivity contribution is 0.251. The van der Waals surface area contributed by atoms with Gasteiger partial charge in [-0.3, -0.25) is 9.72 Å². The van der Waals surface area contributed by atoms with Gasteiger partial charge in [-0.1, -0.05) is 54.2 Å². The summed E-state index contributed by atoms with van der Waals surface area (Å²) in [6, 6.07) is 21.7. The van der Waals surface area contributed by atoms with Gasteiger partial charge in [0.25, 0.3) is 0 Å². The molecule has 9 nitrogen and oxygen atoms in total. The molecule has 2 aromatic carbocycles. The number of aromatic nitrogens is 5. The van der Waals surface area contributed by atoms with E-state index >= 15 is 0 Å². The van der Waals surface area contributed by atoms with E-state index in [1.807, 2.05) is 66.1 Å². The van der Waals surface area contributed by atoms with Gasteiger partial charge in [0.2, 0.25) is 0 Å². The Bertz CT molecular complexity index is 1900. The average molecular weight is 640 g/mol. The number of amides is 2. The van der Waals surface area contributed by atoms with Crippen molar-refractivity contribution >= 4 is 46.7 Å². The summed E-state index contributed by atoms with van der Waals surface area (Å²) < 4.78 is 3.44. The predicted octanol–water partition coefficient (Wildman–Crippen LogP) is 8.29. The fraction of sp³-hybridized carbons (Fsp3) is 0.235. The summed E-state index contributed by atoms with van der Waals surface area (Å²) >= 11 is 3.30. The van der Waals surface area contributed by atoms with Crippen molar-refractivity contribution in [2.45, 2.75) is 55.7 Å². The van der Waals surface area contributed by atoms with Crippen LogP contribution in [0.15, 0.2) is 101 Å². The Balaban J connectivity index is 1.33. The molecule has 45 heavy (non-hydrogen) atoms. The molecule has 0 saturated carbocycles. The second-order valence-electron chi connectivity index (χ2n) is 11.1. The standard InChI is InChI=1S/C34H37N7O2S2/c1-22-11-7-9-13-27(22)32-38-37-30-18-17-26(21-40(30)32)45-28-14-10-8-12-25(28)20-35-33(43)36-31-19-29(34(4,5)44-6)39-41(31)23(2)15-16-24(3)42/h7-19,21,42H,20H2,1-6H3,(H2,35,36,43)/b23-15+,24-16+. The number of aliphatic hydroxyl groups excluding tert-OH is 1. The fourth-order valence-electron chi connectivity index (χ4n) is 4.60. The van der Waals surface area contributed by atoms with Crippen LogP contribution in [-0.4, -0.2) is 41.8 Å². The maximum absolute atomic E-state index is 13.2. The van der Waals surface area contributed by atoms with Crippen molar-refractivity contribution in [3.63, 3.8) is 0 Å².